The van der Waals surface area contributed by atoms with E-state index in [2.05, 4.69) is 33.0 Å². The number of nitrogens with two attached hydrogens (primary N) is 1. The van der Waals surface area contributed by atoms with Gasteiger partial charge in [-0.05, 0) is 36.5 Å². The molecule has 0 aromatic rings. The largest absolute Gasteiger partial charge is 0.356 e. The number of hydrogen-bond acceptors (Lipinski definition) is 2. The summed E-state index contributed by atoms with van der Waals surface area (Å²) in [6, 6.07) is 0.279. The molecule has 3 atom stereocenters. The van der Waals surface area contributed by atoms with Crippen LogP contribution in [0, 0.1) is 17.3 Å². The first-order valence-corrected chi connectivity index (χ1v) is 7.80. The summed E-state index contributed by atoms with van der Waals surface area (Å²) in [4.78, 5) is 11.9. The van der Waals surface area contributed by atoms with E-state index in [1.165, 1.54) is 19.3 Å². The van der Waals surface area contributed by atoms with Crippen molar-refractivity contribution in [1.82, 2.24) is 5.32 Å². The molecule has 1 aliphatic rings. The topological polar surface area (TPSA) is 55.1 Å². The van der Waals surface area contributed by atoms with Crippen LogP contribution in [0.3, 0.4) is 0 Å². The zero-order valence-corrected chi connectivity index (χ0v) is 13.2. The Labute approximate surface area is 118 Å². The van der Waals surface area contributed by atoms with E-state index in [1.54, 1.807) is 0 Å². The van der Waals surface area contributed by atoms with Crippen molar-refractivity contribution in [3.05, 3.63) is 0 Å². The third kappa shape index (κ3) is 6.95. The van der Waals surface area contributed by atoms with Crippen molar-refractivity contribution < 1.29 is 4.79 Å². The fraction of sp³-hybridized carbons (Fsp3) is 0.938. The monoisotopic (exact) mass is 268 g/mol. The van der Waals surface area contributed by atoms with Crippen LogP contribution in [0.5, 0.6) is 0 Å². The lowest BCUT2D eigenvalue weighted by atomic mass is 9.83. The molecule has 3 nitrogen and oxygen atoms in total. The molecular weight excluding hydrogens is 236 g/mol. The molecule has 3 N–H and O–H groups in total. The van der Waals surface area contributed by atoms with Gasteiger partial charge in [-0.3, -0.25) is 4.79 Å². The zero-order chi connectivity index (χ0) is 14.5. The molecule has 1 amide bonds. The van der Waals surface area contributed by atoms with E-state index in [0.717, 1.165) is 19.4 Å². The lowest BCUT2D eigenvalue weighted by Crippen LogP contribution is -2.41. The van der Waals surface area contributed by atoms with Gasteiger partial charge in [-0.15, -0.1) is 0 Å². The molecule has 1 aliphatic carbocycles. The molecule has 0 aromatic heterocycles. The smallest absolute Gasteiger partial charge is 0.220 e. The molecule has 0 aliphatic heterocycles. The number of nitrogens with one attached hydrogen (secondary N) is 1. The van der Waals surface area contributed by atoms with Crippen LogP contribution < -0.4 is 11.1 Å². The average Bonchev–Trinajstić information content (AvgIpc) is 2.25. The Morgan fingerprint density at radius 3 is 2.53 bits per heavy atom. The summed E-state index contributed by atoms with van der Waals surface area (Å²) < 4.78 is 0. The quantitative estimate of drug-likeness (QED) is 0.805. The zero-order valence-electron chi connectivity index (χ0n) is 13.2. The van der Waals surface area contributed by atoms with Gasteiger partial charge in [-0.2, -0.15) is 0 Å². The summed E-state index contributed by atoms with van der Waals surface area (Å²) in [5, 5.41) is 3.08. The molecule has 1 rings (SSSR count). The van der Waals surface area contributed by atoms with Crippen molar-refractivity contribution >= 4 is 5.91 Å². The van der Waals surface area contributed by atoms with Crippen LogP contribution in [0.2, 0.25) is 0 Å². The Morgan fingerprint density at radius 1 is 1.32 bits per heavy atom. The number of carbonyl (C=O) groups is 1. The molecule has 3 heteroatoms. The second kappa shape index (κ2) is 7.28. The molecule has 1 fully saturated rings. The first-order chi connectivity index (χ1) is 8.78. The van der Waals surface area contributed by atoms with Gasteiger partial charge in [0.25, 0.3) is 0 Å². The lowest BCUT2D eigenvalue weighted by molar-refractivity contribution is -0.122. The summed E-state index contributed by atoms with van der Waals surface area (Å²) in [5.74, 6) is 1.12. The number of hydrogen-bond donors (Lipinski definition) is 2. The van der Waals surface area contributed by atoms with Gasteiger partial charge in [0.15, 0.2) is 0 Å². The molecule has 1 saturated carbocycles. The Bertz CT molecular complexity index is 283. The third-order valence-corrected chi connectivity index (χ3v) is 4.02. The van der Waals surface area contributed by atoms with Gasteiger partial charge in [0.1, 0.15) is 0 Å². The predicted octanol–water partition coefficient (Wildman–Crippen LogP) is 3.08. The van der Waals surface area contributed by atoms with E-state index in [1.807, 2.05) is 0 Å². The predicted molar refractivity (Wildman–Crippen MR) is 80.8 cm³/mol. The molecule has 0 saturated heterocycles. The molecule has 0 spiro atoms. The fourth-order valence-electron chi connectivity index (χ4n) is 3.24. The fourth-order valence-corrected chi connectivity index (χ4v) is 3.24. The molecular formula is C16H32N2O. The molecule has 0 aromatic carbocycles. The van der Waals surface area contributed by atoms with E-state index in [4.69, 9.17) is 5.73 Å². The highest BCUT2D eigenvalue weighted by Gasteiger charge is 2.23. The van der Waals surface area contributed by atoms with Crippen LogP contribution in [0.15, 0.2) is 0 Å². The highest BCUT2D eigenvalue weighted by atomic mass is 16.1. The average molecular weight is 268 g/mol. The molecule has 0 heterocycles. The Hall–Kier alpha value is -0.570. The second-order valence-electron chi connectivity index (χ2n) is 7.59. The van der Waals surface area contributed by atoms with E-state index < -0.39 is 0 Å². The second-order valence-corrected chi connectivity index (χ2v) is 7.59. The van der Waals surface area contributed by atoms with Gasteiger partial charge in [-0.25, -0.2) is 0 Å². The van der Waals surface area contributed by atoms with Crippen molar-refractivity contribution in [2.45, 2.75) is 72.3 Å². The molecule has 112 valence electrons. The van der Waals surface area contributed by atoms with Gasteiger partial charge in [0.2, 0.25) is 5.91 Å². The van der Waals surface area contributed by atoms with E-state index >= 15 is 0 Å². The van der Waals surface area contributed by atoms with Crippen molar-refractivity contribution in [3.8, 4) is 0 Å². The normalized spacial score (nSPS) is 25.9. The van der Waals surface area contributed by atoms with Gasteiger partial charge >= 0.3 is 0 Å². The van der Waals surface area contributed by atoms with E-state index in [-0.39, 0.29) is 11.9 Å². The van der Waals surface area contributed by atoms with E-state index in [0.29, 0.717) is 23.7 Å². The summed E-state index contributed by atoms with van der Waals surface area (Å²) in [6.07, 6.45) is 6.51. The van der Waals surface area contributed by atoms with E-state index in [9.17, 15) is 4.79 Å². The van der Waals surface area contributed by atoms with Gasteiger partial charge in [-0.1, -0.05) is 40.5 Å². The minimum Gasteiger partial charge on any atom is -0.356 e. The van der Waals surface area contributed by atoms with Gasteiger partial charge in [0.05, 0.1) is 0 Å². The lowest BCUT2D eigenvalue weighted by Gasteiger charge is -2.29. The third-order valence-electron chi connectivity index (χ3n) is 4.02. The maximum Gasteiger partial charge on any atom is 0.220 e. The standard InChI is InChI=1S/C16H32N2O/c1-12(10-16(2,3)4)9-15(19)18-11-13-7-5-6-8-14(13)17/h12-14H,5-11,17H2,1-4H3,(H,18,19). The minimum atomic E-state index is 0.189. The molecule has 19 heavy (non-hydrogen) atoms. The van der Waals surface area contributed by atoms with Crippen LogP contribution in [0.25, 0.3) is 0 Å². The van der Waals surface area contributed by atoms with Crippen LogP contribution in [-0.2, 0) is 4.79 Å². The molecule has 3 unspecified atom stereocenters. The molecule has 0 bridgehead atoms. The summed E-state index contributed by atoms with van der Waals surface area (Å²) in [6.45, 7) is 9.60. The minimum absolute atomic E-state index is 0.189. The Morgan fingerprint density at radius 2 is 1.95 bits per heavy atom. The van der Waals surface area contributed by atoms with Crippen LogP contribution in [-0.4, -0.2) is 18.5 Å². The van der Waals surface area contributed by atoms with Gasteiger partial charge < -0.3 is 11.1 Å². The number of amides is 1. The SMILES string of the molecule is CC(CC(=O)NCC1CCCCC1N)CC(C)(C)C. The van der Waals surface area contributed by atoms with Crippen molar-refractivity contribution in [2.75, 3.05) is 6.54 Å². The maximum absolute atomic E-state index is 11.9. The van der Waals surface area contributed by atoms with Crippen LogP contribution in [0.4, 0.5) is 0 Å². The van der Waals surface area contributed by atoms with Gasteiger partial charge in [0, 0.05) is 19.0 Å². The van der Waals surface area contributed by atoms with Crippen molar-refractivity contribution in [1.29, 1.82) is 0 Å². The first kappa shape index (κ1) is 16.5. The van der Waals surface area contributed by atoms with Crippen LogP contribution >= 0.6 is 0 Å². The summed E-state index contributed by atoms with van der Waals surface area (Å²) in [5.41, 5.74) is 6.40. The number of rotatable bonds is 5. The molecule has 0 radical (unpaired) electrons. The maximum atomic E-state index is 11.9. The summed E-state index contributed by atoms with van der Waals surface area (Å²) >= 11 is 0. The van der Waals surface area contributed by atoms with Crippen molar-refractivity contribution in [2.24, 2.45) is 23.0 Å². The first-order valence-electron chi connectivity index (χ1n) is 7.80. The van der Waals surface area contributed by atoms with Crippen molar-refractivity contribution in [3.63, 3.8) is 0 Å². The number of carbonyl (C=O) groups excluding carboxylic acids is 1. The van der Waals surface area contributed by atoms with Crippen LogP contribution in [0.1, 0.15) is 66.2 Å². The summed E-state index contributed by atoms with van der Waals surface area (Å²) in [7, 11) is 0. The highest BCUT2D eigenvalue weighted by molar-refractivity contribution is 5.76. The highest BCUT2D eigenvalue weighted by Crippen LogP contribution is 2.26. The Balaban J connectivity index is 2.23. The Kier molecular flexibility index (Phi) is 6.31.